The lowest BCUT2D eigenvalue weighted by atomic mass is 9.94. The van der Waals surface area contributed by atoms with E-state index in [9.17, 15) is 20.2 Å². The van der Waals surface area contributed by atoms with E-state index in [1.807, 2.05) is 18.2 Å². The van der Waals surface area contributed by atoms with Crippen molar-refractivity contribution in [2.45, 2.75) is 25.7 Å². The van der Waals surface area contributed by atoms with Crippen molar-refractivity contribution < 1.29 is 9.85 Å². The molecule has 0 amide bonds. The van der Waals surface area contributed by atoms with Crippen LogP contribution >= 0.6 is 0 Å². The first-order valence-corrected chi connectivity index (χ1v) is 7.78. The third-order valence-corrected chi connectivity index (χ3v) is 3.82. The number of hydrogen-bond donors (Lipinski definition) is 1. The second-order valence-electron chi connectivity index (χ2n) is 5.39. The molecule has 0 unspecified atom stereocenters. The molecule has 1 atom stereocenters. The van der Waals surface area contributed by atoms with Gasteiger partial charge in [-0.3, -0.25) is 25.7 Å². The van der Waals surface area contributed by atoms with Crippen LogP contribution in [0.2, 0.25) is 0 Å². The Bertz CT molecular complexity index is 777. The van der Waals surface area contributed by atoms with E-state index in [0.717, 1.165) is 12.5 Å². The number of hydrazone groups is 1. The molecule has 0 saturated carbocycles. The molecule has 2 aromatic rings. The van der Waals surface area contributed by atoms with Crippen LogP contribution in [0.5, 0.6) is 0 Å². The maximum Gasteiger partial charge on any atom is 0.301 e. The number of anilines is 1. The summed E-state index contributed by atoms with van der Waals surface area (Å²) >= 11 is 0. The molecule has 0 fully saturated rings. The van der Waals surface area contributed by atoms with Crippen molar-refractivity contribution in [3.05, 3.63) is 74.3 Å². The molecule has 0 aliphatic carbocycles. The Morgan fingerprint density at radius 2 is 1.84 bits per heavy atom. The smallest absolute Gasteiger partial charge is 0.272 e. The Hall–Kier alpha value is -3.29. The van der Waals surface area contributed by atoms with E-state index in [1.165, 1.54) is 17.7 Å². The molecule has 0 radical (unpaired) electrons. The number of benzene rings is 2. The summed E-state index contributed by atoms with van der Waals surface area (Å²) in [5.74, 6) is 0.304. The highest BCUT2D eigenvalue weighted by Gasteiger charge is 2.19. The zero-order valence-corrected chi connectivity index (χ0v) is 13.7. The average Bonchev–Trinajstić information content (AvgIpc) is 2.62. The van der Waals surface area contributed by atoms with Gasteiger partial charge in [0, 0.05) is 12.3 Å². The molecule has 2 aromatic carbocycles. The minimum Gasteiger partial charge on any atom is -0.272 e. The Balaban J connectivity index is 2.06. The molecule has 0 heterocycles. The second-order valence-corrected chi connectivity index (χ2v) is 5.39. The SMILES string of the molecule is CC[C@H](C/C=N/Nc1ccc([N+](=O)[O-])cc1[N+](=O)[O-])c1ccccc1. The summed E-state index contributed by atoms with van der Waals surface area (Å²) in [4.78, 5) is 20.4. The number of nitro benzene ring substituents is 2. The van der Waals surface area contributed by atoms with E-state index >= 15 is 0 Å². The lowest BCUT2D eigenvalue weighted by molar-refractivity contribution is -0.393. The first kappa shape index (κ1) is 18.1. The normalized spacial score (nSPS) is 12.0. The van der Waals surface area contributed by atoms with E-state index < -0.39 is 9.85 Å². The number of nitrogens with zero attached hydrogens (tertiary/aromatic N) is 3. The summed E-state index contributed by atoms with van der Waals surface area (Å²) in [7, 11) is 0. The molecule has 25 heavy (non-hydrogen) atoms. The molecule has 0 spiro atoms. The zero-order valence-electron chi connectivity index (χ0n) is 13.7. The average molecular weight is 342 g/mol. The van der Waals surface area contributed by atoms with Gasteiger partial charge in [0.15, 0.2) is 0 Å². The summed E-state index contributed by atoms with van der Waals surface area (Å²) in [6.45, 7) is 2.08. The Morgan fingerprint density at radius 1 is 1.12 bits per heavy atom. The third kappa shape index (κ3) is 4.84. The molecule has 0 aliphatic rings. The first-order chi connectivity index (χ1) is 12.0. The standard InChI is InChI=1S/C17H18N4O4/c1-2-13(14-6-4-3-5-7-14)10-11-18-19-16-9-8-15(20(22)23)12-17(16)21(24)25/h3-9,11-13,19H,2,10H2,1H3/b18-11+/t13-/m1/s1. The molecule has 0 aliphatic heterocycles. The lowest BCUT2D eigenvalue weighted by Gasteiger charge is -2.12. The van der Waals surface area contributed by atoms with Crippen LogP contribution in [-0.4, -0.2) is 16.1 Å². The van der Waals surface area contributed by atoms with Crippen LogP contribution in [0, 0.1) is 20.2 Å². The van der Waals surface area contributed by atoms with E-state index in [0.29, 0.717) is 12.3 Å². The van der Waals surface area contributed by atoms with Crippen molar-refractivity contribution in [2.75, 3.05) is 5.43 Å². The van der Waals surface area contributed by atoms with Gasteiger partial charge in [-0.2, -0.15) is 5.10 Å². The molecular formula is C17H18N4O4. The monoisotopic (exact) mass is 342 g/mol. The quantitative estimate of drug-likeness (QED) is 0.432. The Morgan fingerprint density at radius 3 is 2.44 bits per heavy atom. The van der Waals surface area contributed by atoms with Crippen LogP contribution in [0.3, 0.4) is 0 Å². The number of nitrogens with one attached hydrogen (secondary N) is 1. The first-order valence-electron chi connectivity index (χ1n) is 7.78. The largest absolute Gasteiger partial charge is 0.301 e. The van der Waals surface area contributed by atoms with Gasteiger partial charge in [-0.05, 0) is 30.4 Å². The van der Waals surface area contributed by atoms with E-state index in [2.05, 4.69) is 29.6 Å². The lowest BCUT2D eigenvalue weighted by Crippen LogP contribution is -2.01. The van der Waals surface area contributed by atoms with E-state index in [-0.39, 0.29) is 17.1 Å². The van der Waals surface area contributed by atoms with Gasteiger partial charge in [-0.25, -0.2) is 0 Å². The van der Waals surface area contributed by atoms with Crippen molar-refractivity contribution in [1.82, 2.24) is 0 Å². The van der Waals surface area contributed by atoms with Crippen molar-refractivity contribution in [1.29, 1.82) is 0 Å². The van der Waals surface area contributed by atoms with Gasteiger partial charge in [0.2, 0.25) is 0 Å². The summed E-state index contributed by atoms with van der Waals surface area (Å²) in [5, 5.41) is 25.8. The topological polar surface area (TPSA) is 111 Å². The number of rotatable bonds is 8. The van der Waals surface area contributed by atoms with Crippen LogP contribution < -0.4 is 5.43 Å². The summed E-state index contributed by atoms with van der Waals surface area (Å²) in [6, 6.07) is 13.4. The van der Waals surface area contributed by atoms with E-state index in [4.69, 9.17) is 0 Å². The van der Waals surface area contributed by atoms with Gasteiger partial charge in [0.1, 0.15) is 5.69 Å². The number of nitro groups is 2. The summed E-state index contributed by atoms with van der Waals surface area (Å²) < 4.78 is 0. The predicted octanol–water partition coefficient (Wildman–Crippen LogP) is 4.48. The van der Waals surface area contributed by atoms with Crippen LogP contribution in [0.1, 0.15) is 31.2 Å². The molecule has 8 nitrogen and oxygen atoms in total. The van der Waals surface area contributed by atoms with Crippen LogP contribution in [0.15, 0.2) is 53.6 Å². The van der Waals surface area contributed by atoms with Crippen LogP contribution in [-0.2, 0) is 0 Å². The predicted molar refractivity (Wildman–Crippen MR) is 96.0 cm³/mol. The van der Waals surface area contributed by atoms with Crippen molar-refractivity contribution >= 4 is 23.3 Å². The van der Waals surface area contributed by atoms with Crippen LogP contribution in [0.4, 0.5) is 17.1 Å². The Labute approximate surface area is 144 Å². The van der Waals surface area contributed by atoms with Crippen molar-refractivity contribution in [2.24, 2.45) is 5.10 Å². The molecule has 1 N–H and O–H groups in total. The molecule has 130 valence electrons. The maximum absolute atomic E-state index is 11.1. The summed E-state index contributed by atoms with van der Waals surface area (Å²) in [5.41, 5.74) is 3.19. The zero-order chi connectivity index (χ0) is 18.2. The minimum absolute atomic E-state index is 0.111. The second kappa shape index (κ2) is 8.53. The highest BCUT2D eigenvalue weighted by molar-refractivity contribution is 5.67. The fraction of sp³-hybridized carbons (Fsp3) is 0.235. The molecule has 2 rings (SSSR count). The fourth-order valence-electron chi connectivity index (χ4n) is 2.44. The fourth-order valence-corrected chi connectivity index (χ4v) is 2.44. The summed E-state index contributed by atoms with van der Waals surface area (Å²) in [6.07, 6.45) is 3.27. The molecular weight excluding hydrogens is 324 g/mol. The van der Waals surface area contributed by atoms with Crippen molar-refractivity contribution in [3.8, 4) is 0 Å². The van der Waals surface area contributed by atoms with Crippen molar-refractivity contribution in [3.63, 3.8) is 0 Å². The van der Waals surface area contributed by atoms with Gasteiger partial charge in [0.05, 0.1) is 15.9 Å². The number of non-ortho nitro benzene ring substituents is 1. The maximum atomic E-state index is 11.1. The van der Waals surface area contributed by atoms with Crippen LogP contribution in [0.25, 0.3) is 0 Å². The van der Waals surface area contributed by atoms with Gasteiger partial charge in [-0.1, -0.05) is 37.3 Å². The third-order valence-electron chi connectivity index (χ3n) is 3.82. The minimum atomic E-state index is -0.677. The van der Waals surface area contributed by atoms with Gasteiger partial charge < -0.3 is 0 Å². The molecule has 8 heteroatoms. The number of hydrogen-bond acceptors (Lipinski definition) is 6. The van der Waals surface area contributed by atoms with Gasteiger partial charge in [-0.15, -0.1) is 0 Å². The Kier molecular flexibility index (Phi) is 6.16. The van der Waals surface area contributed by atoms with Gasteiger partial charge >= 0.3 is 5.69 Å². The highest BCUT2D eigenvalue weighted by atomic mass is 16.6. The molecule has 0 bridgehead atoms. The highest BCUT2D eigenvalue weighted by Crippen LogP contribution is 2.29. The molecule has 0 saturated heterocycles. The van der Waals surface area contributed by atoms with E-state index in [1.54, 1.807) is 6.21 Å². The molecule has 0 aromatic heterocycles. The van der Waals surface area contributed by atoms with Gasteiger partial charge in [0.25, 0.3) is 5.69 Å².